The summed E-state index contributed by atoms with van der Waals surface area (Å²) in [5, 5.41) is 4.23. The SMILES string of the molecule is O=[SH](=O)NCCC1CCCCC1COc1ccc(-c2ccsc2)cc1. The van der Waals surface area contributed by atoms with Crippen molar-refractivity contribution in [1.82, 2.24) is 4.72 Å². The van der Waals surface area contributed by atoms with Crippen LogP contribution in [0.3, 0.4) is 0 Å². The fraction of sp³-hybridized carbons (Fsp3) is 0.474. The summed E-state index contributed by atoms with van der Waals surface area (Å²) in [7, 11) is -2.49. The Morgan fingerprint density at radius 3 is 2.48 bits per heavy atom. The highest BCUT2D eigenvalue weighted by molar-refractivity contribution is 7.70. The Bertz CT molecular complexity index is 703. The van der Waals surface area contributed by atoms with E-state index in [1.54, 1.807) is 11.3 Å². The Labute approximate surface area is 155 Å². The third-order valence-electron chi connectivity index (χ3n) is 5.00. The first-order valence-electron chi connectivity index (χ1n) is 8.85. The van der Waals surface area contributed by atoms with Crippen LogP contribution in [0.5, 0.6) is 5.75 Å². The molecule has 1 N–H and O–H groups in total. The number of hydrogen-bond acceptors (Lipinski definition) is 4. The molecule has 136 valence electrons. The summed E-state index contributed by atoms with van der Waals surface area (Å²) in [4.78, 5) is 0. The van der Waals surface area contributed by atoms with Gasteiger partial charge in [-0.25, -0.2) is 13.1 Å². The van der Waals surface area contributed by atoms with Crippen molar-refractivity contribution in [3.63, 3.8) is 0 Å². The van der Waals surface area contributed by atoms with E-state index in [9.17, 15) is 8.42 Å². The van der Waals surface area contributed by atoms with E-state index in [1.165, 1.54) is 36.8 Å². The molecule has 0 amide bonds. The van der Waals surface area contributed by atoms with Crippen LogP contribution >= 0.6 is 11.3 Å². The highest BCUT2D eigenvalue weighted by atomic mass is 32.2. The summed E-state index contributed by atoms with van der Waals surface area (Å²) < 4.78 is 29.9. The van der Waals surface area contributed by atoms with Crippen molar-refractivity contribution in [2.24, 2.45) is 11.8 Å². The molecule has 2 unspecified atom stereocenters. The van der Waals surface area contributed by atoms with Crippen LogP contribution in [0.1, 0.15) is 32.1 Å². The zero-order chi connectivity index (χ0) is 17.5. The van der Waals surface area contributed by atoms with Gasteiger partial charge in [-0.05, 0) is 64.8 Å². The van der Waals surface area contributed by atoms with E-state index >= 15 is 0 Å². The Morgan fingerprint density at radius 1 is 1.04 bits per heavy atom. The molecule has 1 saturated carbocycles. The van der Waals surface area contributed by atoms with E-state index in [0.717, 1.165) is 12.2 Å². The fourth-order valence-electron chi connectivity index (χ4n) is 3.60. The first-order chi connectivity index (χ1) is 12.2. The van der Waals surface area contributed by atoms with E-state index in [-0.39, 0.29) is 0 Å². The molecule has 1 aromatic carbocycles. The zero-order valence-electron chi connectivity index (χ0n) is 14.2. The maximum absolute atomic E-state index is 10.6. The smallest absolute Gasteiger partial charge is 0.201 e. The molecule has 4 nitrogen and oxygen atoms in total. The maximum atomic E-state index is 10.6. The molecule has 0 spiro atoms. The quantitative estimate of drug-likeness (QED) is 0.679. The standard InChI is InChI=1S/C19H25NO3S2/c21-25(22)20-11-9-15-3-1-2-4-17(15)13-23-19-7-5-16(6-8-19)18-10-12-24-14-18/h5-8,10,12,14-15,17,25H,1-4,9,11,13H2,(H,20,21,22). The summed E-state index contributed by atoms with van der Waals surface area (Å²) in [5.74, 6) is 1.96. The molecule has 1 aliphatic carbocycles. The van der Waals surface area contributed by atoms with Crippen LogP contribution < -0.4 is 9.46 Å². The molecule has 0 radical (unpaired) electrons. The molecule has 1 aliphatic rings. The Kier molecular flexibility index (Phi) is 6.90. The van der Waals surface area contributed by atoms with Crippen molar-refractivity contribution in [2.45, 2.75) is 32.1 Å². The minimum Gasteiger partial charge on any atom is -0.493 e. The summed E-state index contributed by atoms with van der Waals surface area (Å²) in [6.07, 6.45) is 5.71. The molecule has 0 saturated heterocycles. The van der Waals surface area contributed by atoms with E-state index in [1.807, 2.05) is 12.1 Å². The highest BCUT2D eigenvalue weighted by Crippen LogP contribution is 2.33. The molecule has 1 fully saturated rings. The second-order valence-electron chi connectivity index (χ2n) is 6.61. The number of thiophene rings is 1. The molecule has 1 heterocycles. The van der Waals surface area contributed by atoms with Gasteiger partial charge in [-0.15, -0.1) is 0 Å². The number of hydrogen-bond donors (Lipinski definition) is 2. The van der Waals surface area contributed by atoms with E-state index in [0.29, 0.717) is 25.0 Å². The van der Waals surface area contributed by atoms with Crippen molar-refractivity contribution in [1.29, 1.82) is 0 Å². The number of nitrogens with one attached hydrogen (secondary N) is 1. The van der Waals surface area contributed by atoms with Crippen LogP contribution in [0.4, 0.5) is 0 Å². The molecule has 3 rings (SSSR count). The lowest BCUT2D eigenvalue weighted by Gasteiger charge is -2.31. The van der Waals surface area contributed by atoms with E-state index in [2.05, 4.69) is 33.7 Å². The largest absolute Gasteiger partial charge is 0.493 e. The van der Waals surface area contributed by atoms with Gasteiger partial charge >= 0.3 is 0 Å². The summed E-state index contributed by atoms with van der Waals surface area (Å²) in [6.45, 7) is 1.25. The van der Waals surface area contributed by atoms with E-state index in [4.69, 9.17) is 4.74 Å². The van der Waals surface area contributed by atoms with Gasteiger partial charge in [0.25, 0.3) is 0 Å². The first-order valence-corrected chi connectivity index (χ1v) is 11.0. The van der Waals surface area contributed by atoms with Crippen LogP contribution in [0, 0.1) is 11.8 Å². The lowest BCUT2D eigenvalue weighted by Crippen LogP contribution is -2.28. The van der Waals surface area contributed by atoms with Gasteiger partial charge in [0.15, 0.2) is 0 Å². The van der Waals surface area contributed by atoms with Gasteiger partial charge in [0, 0.05) is 6.54 Å². The molecule has 1 aromatic heterocycles. The van der Waals surface area contributed by atoms with Gasteiger partial charge in [0.1, 0.15) is 5.75 Å². The normalized spacial score (nSPS) is 20.7. The average molecular weight is 380 g/mol. The minimum absolute atomic E-state index is 0.511. The van der Waals surface area contributed by atoms with Crippen LogP contribution in [0.2, 0.25) is 0 Å². The van der Waals surface area contributed by atoms with Gasteiger partial charge in [0.2, 0.25) is 10.9 Å². The Hall–Kier alpha value is -1.37. The number of ether oxygens (including phenoxy) is 1. The van der Waals surface area contributed by atoms with E-state index < -0.39 is 10.9 Å². The number of rotatable bonds is 8. The summed E-state index contributed by atoms with van der Waals surface area (Å²) >= 11 is 1.70. The lowest BCUT2D eigenvalue weighted by atomic mass is 9.78. The van der Waals surface area contributed by atoms with Gasteiger partial charge < -0.3 is 4.74 Å². The summed E-state index contributed by atoms with van der Waals surface area (Å²) in [5.41, 5.74) is 2.45. The monoisotopic (exact) mass is 379 g/mol. The average Bonchev–Trinajstić information content (AvgIpc) is 3.16. The molecule has 2 atom stereocenters. The van der Waals surface area contributed by atoms with Gasteiger partial charge in [0.05, 0.1) is 6.61 Å². The first kappa shape index (κ1) is 18.4. The molecule has 0 bridgehead atoms. The molecule has 25 heavy (non-hydrogen) atoms. The third-order valence-corrected chi connectivity index (χ3v) is 6.16. The Morgan fingerprint density at radius 2 is 1.80 bits per heavy atom. The van der Waals surface area contributed by atoms with Crippen molar-refractivity contribution in [2.75, 3.05) is 13.2 Å². The van der Waals surface area contributed by atoms with Gasteiger partial charge in [-0.2, -0.15) is 11.3 Å². The Balaban J connectivity index is 1.52. The predicted molar refractivity (Wildman–Crippen MR) is 104 cm³/mol. The highest BCUT2D eigenvalue weighted by Gasteiger charge is 2.25. The second-order valence-corrected chi connectivity index (χ2v) is 8.22. The van der Waals surface area contributed by atoms with Crippen molar-refractivity contribution in [3.05, 3.63) is 41.1 Å². The summed E-state index contributed by atoms with van der Waals surface area (Å²) in [6, 6.07) is 10.4. The van der Waals surface area contributed by atoms with Crippen molar-refractivity contribution >= 4 is 22.2 Å². The maximum Gasteiger partial charge on any atom is 0.201 e. The predicted octanol–water partition coefficient (Wildman–Crippen LogP) is 4.11. The molecule has 0 aliphatic heterocycles. The van der Waals surface area contributed by atoms with Crippen LogP contribution in [-0.4, -0.2) is 21.6 Å². The van der Waals surface area contributed by atoms with Crippen LogP contribution in [0.25, 0.3) is 11.1 Å². The molecule has 6 heteroatoms. The zero-order valence-corrected chi connectivity index (χ0v) is 15.9. The second kappa shape index (κ2) is 9.36. The minimum atomic E-state index is -2.49. The lowest BCUT2D eigenvalue weighted by molar-refractivity contribution is 0.143. The fourth-order valence-corrected chi connectivity index (χ4v) is 4.58. The number of thiol groups is 1. The topological polar surface area (TPSA) is 55.4 Å². The molecule has 2 aromatic rings. The third kappa shape index (κ3) is 5.56. The van der Waals surface area contributed by atoms with Gasteiger partial charge in [-0.3, -0.25) is 0 Å². The molecular formula is C19H25NO3S2. The van der Waals surface area contributed by atoms with Crippen molar-refractivity contribution < 1.29 is 13.2 Å². The van der Waals surface area contributed by atoms with Crippen LogP contribution in [0.15, 0.2) is 41.1 Å². The van der Waals surface area contributed by atoms with Crippen LogP contribution in [-0.2, 0) is 10.9 Å². The molecular weight excluding hydrogens is 354 g/mol. The van der Waals surface area contributed by atoms with Crippen molar-refractivity contribution in [3.8, 4) is 16.9 Å². The van der Waals surface area contributed by atoms with Gasteiger partial charge in [-0.1, -0.05) is 31.4 Å². The number of benzene rings is 1.